The van der Waals surface area contributed by atoms with Gasteiger partial charge in [0, 0.05) is 18.7 Å². The lowest BCUT2D eigenvalue weighted by atomic mass is 9.77. The second-order valence-electron chi connectivity index (χ2n) is 9.58. The molecule has 0 atom stereocenters. The number of piperidine rings is 1. The Balaban J connectivity index is 1.57. The van der Waals surface area contributed by atoms with Crippen LogP contribution in [0.4, 0.5) is 18.9 Å². The van der Waals surface area contributed by atoms with Crippen LogP contribution >= 0.6 is 0 Å². The van der Waals surface area contributed by atoms with E-state index in [2.05, 4.69) is 9.64 Å². The third-order valence-corrected chi connectivity index (χ3v) is 5.84. The number of anilines is 1. The minimum Gasteiger partial charge on any atom is -0.406 e. The average molecular weight is 426 g/mol. The number of ether oxygens (including phenoxy) is 1. The van der Waals surface area contributed by atoms with Crippen LogP contribution in [0.25, 0.3) is 0 Å². The zero-order chi connectivity index (χ0) is 22.2. The van der Waals surface area contributed by atoms with E-state index in [1.807, 2.05) is 20.8 Å². The number of Topliss-reactive ketones (excluding diaryl/α,β-unsaturated/α-hetero) is 1. The lowest BCUT2D eigenvalue weighted by Crippen LogP contribution is -2.46. The van der Waals surface area contributed by atoms with Crippen LogP contribution in [0.5, 0.6) is 5.75 Å². The second-order valence-corrected chi connectivity index (χ2v) is 9.58. The fraction of sp³-hybridized carbons (Fsp3) is 0.636. The number of benzene rings is 1. The molecule has 2 aliphatic rings. The van der Waals surface area contributed by atoms with Gasteiger partial charge in [0.05, 0.1) is 12.0 Å². The smallest absolute Gasteiger partial charge is 0.406 e. The Labute approximate surface area is 175 Å². The standard InChI is InChI=1S/C22H29F3N2O3/c1-20(2,3)14-17(28)15-26-11-8-21(9-12-26)10-13-27(19(21)29)16-4-6-18(7-5-16)30-22(23,24)25/h4-7H,8-15H2,1-3H3. The van der Waals surface area contributed by atoms with Gasteiger partial charge in [-0.2, -0.15) is 0 Å². The van der Waals surface area contributed by atoms with Crippen LogP contribution in [-0.4, -0.2) is 49.1 Å². The molecule has 2 saturated heterocycles. The zero-order valence-corrected chi connectivity index (χ0v) is 17.7. The molecule has 1 spiro atoms. The Hall–Kier alpha value is -2.09. The van der Waals surface area contributed by atoms with Crippen molar-refractivity contribution in [3.63, 3.8) is 0 Å². The molecule has 5 nitrogen and oxygen atoms in total. The maximum Gasteiger partial charge on any atom is 0.573 e. The molecule has 0 aromatic heterocycles. The third kappa shape index (κ3) is 5.53. The van der Waals surface area contributed by atoms with E-state index in [1.165, 1.54) is 24.3 Å². The number of hydrogen-bond acceptors (Lipinski definition) is 4. The van der Waals surface area contributed by atoms with Crippen molar-refractivity contribution in [2.45, 2.75) is 52.8 Å². The van der Waals surface area contributed by atoms with Crippen LogP contribution in [0.3, 0.4) is 0 Å². The number of ketones is 1. The van der Waals surface area contributed by atoms with Gasteiger partial charge in [0.2, 0.25) is 5.91 Å². The fourth-order valence-electron chi connectivity index (χ4n) is 4.39. The Morgan fingerprint density at radius 2 is 1.60 bits per heavy atom. The highest BCUT2D eigenvalue weighted by atomic mass is 19.4. The van der Waals surface area contributed by atoms with Gasteiger partial charge in [0.25, 0.3) is 0 Å². The minimum absolute atomic E-state index is 0.0210. The number of amides is 1. The molecule has 2 heterocycles. The summed E-state index contributed by atoms with van der Waals surface area (Å²) in [7, 11) is 0. The predicted molar refractivity (Wildman–Crippen MR) is 107 cm³/mol. The van der Waals surface area contributed by atoms with Gasteiger partial charge in [-0.25, -0.2) is 0 Å². The summed E-state index contributed by atoms with van der Waals surface area (Å²) in [6.07, 6.45) is -2.09. The number of likely N-dealkylation sites (tertiary alicyclic amines) is 1. The van der Waals surface area contributed by atoms with Crippen LogP contribution < -0.4 is 9.64 Å². The van der Waals surface area contributed by atoms with E-state index in [0.717, 1.165) is 6.42 Å². The third-order valence-electron chi connectivity index (χ3n) is 5.84. The quantitative estimate of drug-likeness (QED) is 0.700. The number of carbonyl (C=O) groups excluding carboxylic acids is 2. The van der Waals surface area contributed by atoms with Gasteiger partial charge in [0.15, 0.2) is 0 Å². The summed E-state index contributed by atoms with van der Waals surface area (Å²) < 4.78 is 40.9. The van der Waals surface area contributed by atoms with Gasteiger partial charge in [0.1, 0.15) is 11.5 Å². The molecule has 1 amide bonds. The van der Waals surface area contributed by atoms with Crippen molar-refractivity contribution in [1.29, 1.82) is 0 Å². The normalized spacial score (nSPS) is 20.1. The zero-order valence-electron chi connectivity index (χ0n) is 17.7. The highest BCUT2D eigenvalue weighted by Crippen LogP contribution is 2.43. The number of nitrogens with zero attached hydrogens (tertiary/aromatic N) is 2. The first kappa shape index (κ1) is 22.6. The van der Waals surface area contributed by atoms with E-state index in [-0.39, 0.29) is 22.9 Å². The van der Waals surface area contributed by atoms with Gasteiger partial charge in [-0.3, -0.25) is 14.5 Å². The molecular weight excluding hydrogens is 397 g/mol. The summed E-state index contributed by atoms with van der Waals surface area (Å²) >= 11 is 0. The lowest BCUT2D eigenvalue weighted by Gasteiger charge is -2.38. The first-order chi connectivity index (χ1) is 13.9. The minimum atomic E-state index is -4.74. The van der Waals surface area contributed by atoms with Gasteiger partial charge in [-0.1, -0.05) is 20.8 Å². The van der Waals surface area contributed by atoms with Crippen LogP contribution in [0, 0.1) is 10.8 Å². The SMILES string of the molecule is CC(C)(C)CC(=O)CN1CCC2(CC1)CCN(c1ccc(OC(F)(F)F)cc1)C2=O. The molecule has 8 heteroatoms. The van der Waals surface area contributed by atoms with E-state index in [1.54, 1.807) is 4.90 Å². The predicted octanol–water partition coefficient (Wildman–Crippen LogP) is 4.41. The average Bonchev–Trinajstić information content (AvgIpc) is 2.91. The highest BCUT2D eigenvalue weighted by Gasteiger charge is 2.48. The summed E-state index contributed by atoms with van der Waals surface area (Å²) in [6, 6.07) is 5.42. The van der Waals surface area contributed by atoms with Crippen molar-refractivity contribution in [1.82, 2.24) is 4.90 Å². The van der Waals surface area contributed by atoms with Crippen LogP contribution in [0.1, 0.15) is 46.5 Å². The van der Waals surface area contributed by atoms with Crippen molar-refractivity contribution in [2.24, 2.45) is 10.8 Å². The molecule has 0 radical (unpaired) electrons. The van der Waals surface area contributed by atoms with Crippen LogP contribution in [-0.2, 0) is 9.59 Å². The van der Waals surface area contributed by atoms with E-state index in [9.17, 15) is 22.8 Å². The van der Waals surface area contributed by atoms with Crippen molar-refractivity contribution >= 4 is 17.4 Å². The maximum absolute atomic E-state index is 13.1. The molecule has 2 aliphatic heterocycles. The van der Waals surface area contributed by atoms with Gasteiger partial charge in [-0.15, -0.1) is 13.2 Å². The molecule has 166 valence electrons. The first-order valence-electron chi connectivity index (χ1n) is 10.3. The van der Waals surface area contributed by atoms with Crippen LogP contribution in [0.15, 0.2) is 24.3 Å². The summed E-state index contributed by atoms with van der Waals surface area (Å²) in [4.78, 5) is 29.2. The lowest BCUT2D eigenvalue weighted by molar-refractivity contribution is -0.274. The van der Waals surface area contributed by atoms with E-state index < -0.39 is 11.8 Å². The maximum atomic E-state index is 13.1. The van der Waals surface area contributed by atoms with Crippen molar-refractivity contribution in [3.8, 4) is 5.75 Å². The molecule has 3 rings (SSSR count). The molecule has 0 saturated carbocycles. The van der Waals surface area contributed by atoms with Crippen LogP contribution in [0.2, 0.25) is 0 Å². The summed E-state index contributed by atoms with van der Waals surface area (Å²) in [5, 5.41) is 0. The number of carbonyl (C=O) groups is 2. The van der Waals surface area contributed by atoms with Gasteiger partial charge in [-0.05, 0) is 62.0 Å². The number of hydrogen-bond donors (Lipinski definition) is 0. The summed E-state index contributed by atoms with van der Waals surface area (Å²) in [5.74, 6) is -0.0625. The highest BCUT2D eigenvalue weighted by molar-refractivity contribution is 6.00. The molecule has 0 bridgehead atoms. The first-order valence-corrected chi connectivity index (χ1v) is 10.3. The number of alkyl halides is 3. The van der Waals surface area contributed by atoms with Gasteiger partial charge >= 0.3 is 6.36 Å². The van der Waals surface area contributed by atoms with Crippen molar-refractivity contribution in [2.75, 3.05) is 31.1 Å². The Morgan fingerprint density at radius 1 is 1.03 bits per heavy atom. The Morgan fingerprint density at radius 3 is 2.13 bits per heavy atom. The topological polar surface area (TPSA) is 49.9 Å². The fourth-order valence-corrected chi connectivity index (χ4v) is 4.39. The van der Waals surface area contributed by atoms with E-state index >= 15 is 0 Å². The van der Waals surface area contributed by atoms with Gasteiger partial charge < -0.3 is 9.64 Å². The summed E-state index contributed by atoms with van der Waals surface area (Å²) in [5.41, 5.74) is 0.107. The molecular formula is C22H29F3N2O3. The largest absolute Gasteiger partial charge is 0.573 e. The molecule has 0 N–H and O–H groups in total. The molecule has 1 aromatic carbocycles. The Bertz CT molecular complexity index is 776. The molecule has 0 unspecified atom stereocenters. The number of halogens is 3. The second kappa shape index (κ2) is 8.21. The van der Waals surface area contributed by atoms with E-state index in [4.69, 9.17) is 0 Å². The Kier molecular flexibility index (Phi) is 6.18. The van der Waals surface area contributed by atoms with Crippen molar-refractivity contribution < 1.29 is 27.5 Å². The summed E-state index contributed by atoms with van der Waals surface area (Å²) in [6.45, 7) is 8.51. The number of rotatable bonds is 5. The molecule has 1 aromatic rings. The molecule has 0 aliphatic carbocycles. The molecule has 30 heavy (non-hydrogen) atoms. The van der Waals surface area contributed by atoms with Crippen molar-refractivity contribution in [3.05, 3.63) is 24.3 Å². The molecule has 2 fully saturated rings. The monoisotopic (exact) mass is 426 g/mol. The van der Waals surface area contributed by atoms with E-state index in [0.29, 0.717) is 51.1 Å².